The van der Waals surface area contributed by atoms with E-state index >= 15 is 0 Å². The van der Waals surface area contributed by atoms with E-state index in [1.807, 2.05) is 0 Å². The molecule has 1 amide bonds. The Balaban J connectivity index is 1.75. The van der Waals surface area contributed by atoms with Crippen molar-refractivity contribution in [3.63, 3.8) is 0 Å². The normalized spacial score (nSPS) is 11.0. The third-order valence-electron chi connectivity index (χ3n) is 3.93. The van der Waals surface area contributed by atoms with E-state index in [1.54, 1.807) is 32.0 Å². The zero-order chi connectivity index (χ0) is 19.6. The lowest BCUT2D eigenvalue weighted by Crippen LogP contribution is -2.19. The summed E-state index contributed by atoms with van der Waals surface area (Å²) in [6, 6.07) is 6.41. The van der Waals surface area contributed by atoms with Gasteiger partial charge in [-0.2, -0.15) is 5.10 Å². The summed E-state index contributed by atoms with van der Waals surface area (Å²) in [6.07, 6.45) is 1.29. The van der Waals surface area contributed by atoms with Gasteiger partial charge in [0.15, 0.2) is 0 Å². The van der Waals surface area contributed by atoms with Gasteiger partial charge in [-0.05, 0) is 47.9 Å². The minimum absolute atomic E-state index is 0.0499. The summed E-state index contributed by atoms with van der Waals surface area (Å²) < 4.78 is 9.99. The minimum Gasteiger partial charge on any atom is -0.455 e. The maximum Gasteiger partial charge on any atom is 0.297 e. The number of aromatic nitrogens is 2. The number of nitro benzene ring substituents is 1. The molecule has 11 nitrogen and oxygen atoms in total. The van der Waals surface area contributed by atoms with Gasteiger partial charge < -0.3 is 10.2 Å². The number of hydrazone groups is 1. The monoisotopic (exact) mass is 370 g/mol. The Hall–Kier alpha value is -4.02. The number of carbonyl (C=O) groups is 1. The molecule has 0 aliphatic rings. The third-order valence-corrected chi connectivity index (χ3v) is 3.93. The van der Waals surface area contributed by atoms with Crippen LogP contribution in [0.1, 0.15) is 27.4 Å². The number of rotatable bonds is 5. The number of hydrogen-bond donors (Lipinski definition) is 2. The molecule has 3 N–H and O–H groups in total. The number of nitrogens with two attached hydrogens (primary N) is 1. The number of nitrogens with zero attached hydrogens (tertiary/aromatic N) is 4. The van der Waals surface area contributed by atoms with Gasteiger partial charge in [0.05, 0.1) is 11.1 Å². The van der Waals surface area contributed by atoms with Crippen LogP contribution in [0.15, 0.2) is 38.4 Å². The first-order valence-corrected chi connectivity index (χ1v) is 7.64. The predicted octanol–water partition coefficient (Wildman–Crippen LogP) is 2.20. The first-order chi connectivity index (χ1) is 12.9. The van der Waals surface area contributed by atoms with Crippen LogP contribution in [0.2, 0.25) is 0 Å². The van der Waals surface area contributed by atoms with Crippen LogP contribution in [0.25, 0.3) is 11.3 Å². The van der Waals surface area contributed by atoms with Gasteiger partial charge in [-0.1, -0.05) is 0 Å². The first-order valence-electron chi connectivity index (χ1n) is 7.64. The largest absolute Gasteiger partial charge is 0.455 e. The van der Waals surface area contributed by atoms with Crippen molar-refractivity contribution >= 4 is 23.6 Å². The topological polar surface area (TPSA) is 163 Å². The molecule has 0 saturated heterocycles. The molecule has 2 heterocycles. The third kappa shape index (κ3) is 3.51. The van der Waals surface area contributed by atoms with Crippen molar-refractivity contribution in [2.24, 2.45) is 5.10 Å². The molecular weight excluding hydrogens is 356 g/mol. The Morgan fingerprint density at radius 1 is 1.26 bits per heavy atom. The smallest absolute Gasteiger partial charge is 0.297 e. The summed E-state index contributed by atoms with van der Waals surface area (Å²) in [5, 5.41) is 21.4. The second kappa shape index (κ2) is 7.07. The highest BCUT2D eigenvalue weighted by atomic mass is 16.6. The number of anilines is 1. The molecule has 0 spiro atoms. The highest BCUT2D eigenvalue weighted by molar-refractivity contribution is 5.96. The van der Waals surface area contributed by atoms with Crippen molar-refractivity contribution in [3.05, 3.63) is 57.0 Å². The molecule has 0 bridgehead atoms. The van der Waals surface area contributed by atoms with Crippen molar-refractivity contribution in [2.75, 3.05) is 5.73 Å². The molecule has 138 valence electrons. The lowest BCUT2D eigenvalue weighted by molar-refractivity contribution is -0.385. The van der Waals surface area contributed by atoms with Gasteiger partial charge in [-0.25, -0.2) is 10.1 Å². The maximum absolute atomic E-state index is 11.8. The van der Waals surface area contributed by atoms with E-state index in [-0.39, 0.29) is 17.2 Å². The van der Waals surface area contributed by atoms with Crippen LogP contribution in [-0.2, 0) is 0 Å². The van der Waals surface area contributed by atoms with E-state index in [1.165, 1.54) is 12.3 Å². The van der Waals surface area contributed by atoms with E-state index in [0.29, 0.717) is 17.1 Å². The fraction of sp³-hybridized carbons (Fsp3) is 0.125. The van der Waals surface area contributed by atoms with E-state index in [9.17, 15) is 14.9 Å². The van der Waals surface area contributed by atoms with Gasteiger partial charge in [0.1, 0.15) is 11.5 Å². The Morgan fingerprint density at radius 3 is 2.70 bits per heavy atom. The molecule has 2 aromatic heterocycles. The molecule has 0 fully saturated rings. The van der Waals surface area contributed by atoms with Crippen LogP contribution < -0.4 is 11.2 Å². The van der Waals surface area contributed by atoms with Crippen LogP contribution in [0, 0.1) is 24.0 Å². The number of nitrogen functional groups attached to an aromatic ring is 1. The lowest BCUT2D eigenvalue weighted by atomic mass is 10.00. The number of carbonyl (C=O) groups excluding carboxylic acids is 1. The lowest BCUT2D eigenvalue weighted by Gasteiger charge is -2.06. The van der Waals surface area contributed by atoms with E-state index < -0.39 is 10.8 Å². The van der Waals surface area contributed by atoms with E-state index in [0.717, 1.165) is 11.1 Å². The molecule has 0 aliphatic heterocycles. The SMILES string of the molecule is Cc1c(-c2ccc(C=NNC(=O)c3nonc3N)o2)ccc([N+](=O)[O-])c1C. The summed E-state index contributed by atoms with van der Waals surface area (Å²) in [5.41, 5.74) is 9.53. The van der Waals surface area contributed by atoms with Crippen LogP contribution >= 0.6 is 0 Å². The number of hydrogen-bond acceptors (Lipinski definition) is 9. The Morgan fingerprint density at radius 2 is 2.04 bits per heavy atom. The summed E-state index contributed by atoms with van der Waals surface area (Å²) in [6.45, 7) is 3.47. The van der Waals surface area contributed by atoms with Gasteiger partial charge >= 0.3 is 0 Å². The average Bonchev–Trinajstić information content (AvgIpc) is 3.26. The fourth-order valence-electron chi connectivity index (χ4n) is 2.40. The summed E-state index contributed by atoms with van der Waals surface area (Å²) in [5.74, 6) is 0.0563. The quantitative estimate of drug-likeness (QED) is 0.392. The van der Waals surface area contributed by atoms with Gasteiger partial charge in [-0.15, -0.1) is 0 Å². The van der Waals surface area contributed by atoms with Gasteiger partial charge in [-0.3, -0.25) is 14.9 Å². The number of nitrogens with one attached hydrogen (secondary N) is 1. The Bertz CT molecular complexity index is 1050. The zero-order valence-corrected chi connectivity index (χ0v) is 14.3. The number of furan rings is 1. The van der Waals surface area contributed by atoms with Gasteiger partial charge in [0.25, 0.3) is 11.6 Å². The molecule has 3 rings (SSSR count). The Labute approximate surface area is 152 Å². The molecule has 0 atom stereocenters. The van der Waals surface area contributed by atoms with Crippen LogP contribution in [0.4, 0.5) is 11.5 Å². The van der Waals surface area contributed by atoms with Crippen LogP contribution in [-0.4, -0.2) is 27.4 Å². The van der Waals surface area contributed by atoms with Gasteiger partial charge in [0, 0.05) is 17.2 Å². The van der Waals surface area contributed by atoms with Crippen LogP contribution in [0.3, 0.4) is 0 Å². The van der Waals surface area contributed by atoms with Crippen molar-refractivity contribution in [3.8, 4) is 11.3 Å². The molecule has 1 aromatic carbocycles. The molecule has 0 radical (unpaired) electrons. The average molecular weight is 370 g/mol. The highest BCUT2D eigenvalue weighted by Gasteiger charge is 2.17. The predicted molar refractivity (Wildman–Crippen MR) is 94.0 cm³/mol. The maximum atomic E-state index is 11.8. The van der Waals surface area contributed by atoms with Crippen molar-refractivity contribution in [1.29, 1.82) is 0 Å². The zero-order valence-electron chi connectivity index (χ0n) is 14.3. The van der Waals surface area contributed by atoms with Crippen LogP contribution in [0.5, 0.6) is 0 Å². The fourth-order valence-corrected chi connectivity index (χ4v) is 2.40. The minimum atomic E-state index is -0.682. The number of nitro groups is 1. The molecule has 0 unspecified atom stereocenters. The number of benzene rings is 1. The summed E-state index contributed by atoms with van der Waals surface area (Å²) in [7, 11) is 0. The van der Waals surface area contributed by atoms with Crippen molar-refractivity contribution in [1.82, 2.24) is 15.7 Å². The molecule has 27 heavy (non-hydrogen) atoms. The first kappa shape index (κ1) is 17.8. The van der Waals surface area contributed by atoms with Gasteiger partial charge in [0.2, 0.25) is 11.5 Å². The summed E-state index contributed by atoms with van der Waals surface area (Å²) in [4.78, 5) is 22.3. The molecule has 3 aromatic rings. The molecule has 0 saturated carbocycles. The van der Waals surface area contributed by atoms with E-state index in [2.05, 4.69) is 25.5 Å². The summed E-state index contributed by atoms with van der Waals surface area (Å²) >= 11 is 0. The number of amides is 1. The van der Waals surface area contributed by atoms with Crippen molar-refractivity contribution < 1.29 is 18.8 Å². The second-order valence-corrected chi connectivity index (χ2v) is 5.54. The molecule has 11 heteroatoms. The molecule has 0 aliphatic carbocycles. The Kier molecular flexibility index (Phi) is 4.66. The highest BCUT2D eigenvalue weighted by Crippen LogP contribution is 2.31. The second-order valence-electron chi connectivity index (χ2n) is 5.54. The van der Waals surface area contributed by atoms with E-state index in [4.69, 9.17) is 10.2 Å². The molecular formula is C16H14N6O5. The standard InChI is InChI=1S/C16H14N6O5/c1-8-9(2)12(22(24)25)5-4-11(8)13-6-3-10(26-13)7-18-19-16(23)14-15(17)21-27-20-14/h3-7H,1-2H3,(H2,17,21)(H,19,23). The van der Waals surface area contributed by atoms with Crippen molar-refractivity contribution in [2.45, 2.75) is 13.8 Å².